The number of pyridine rings is 3. The molecule has 3 atom stereocenters. The summed E-state index contributed by atoms with van der Waals surface area (Å²) in [6, 6.07) is 44.4. The van der Waals surface area contributed by atoms with Crippen LogP contribution >= 0.6 is 103 Å². The van der Waals surface area contributed by atoms with E-state index in [0.717, 1.165) is 43.1 Å². The Morgan fingerprint density at radius 3 is 1.65 bits per heavy atom. The molecule has 9 aromatic heterocycles. The maximum atomic E-state index is 12.8. The van der Waals surface area contributed by atoms with E-state index in [1.165, 1.54) is 22.7 Å². The van der Waals surface area contributed by atoms with Crippen LogP contribution in [0, 0.1) is 10.7 Å². The molecule has 0 saturated carbocycles. The fourth-order valence-corrected chi connectivity index (χ4v) is 18.2. The van der Waals surface area contributed by atoms with E-state index in [1.54, 1.807) is 41.9 Å². The van der Waals surface area contributed by atoms with E-state index in [9.17, 15) is 15.3 Å². The molecule has 4 aromatic carbocycles. The Bertz CT molecular complexity index is 4550. The van der Waals surface area contributed by atoms with Gasteiger partial charge in [0.2, 0.25) is 0 Å². The van der Waals surface area contributed by atoms with Crippen LogP contribution in [0.3, 0.4) is 0 Å². The zero-order valence-corrected chi connectivity index (χ0v) is 54.2. The summed E-state index contributed by atoms with van der Waals surface area (Å²) in [5, 5.41) is 56.1. The van der Waals surface area contributed by atoms with Gasteiger partial charge in [0.05, 0.1) is 0 Å². The van der Waals surface area contributed by atoms with Crippen molar-refractivity contribution >= 4 is 113 Å². The van der Waals surface area contributed by atoms with E-state index in [1.807, 2.05) is 145 Å². The van der Waals surface area contributed by atoms with E-state index in [-0.39, 0.29) is 0 Å². The second-order valence-electron chi connectivity index (χ2n) is 18.6. The number of halogens is 7. The van der Waals surface area contributed by atoms with Crippen molar-refractivity contribution in [1.82, 2.24) is 20.5 Å². The van der Waals surface area contributed by atoms with Crippen molar-refractivity contribution in [3.8, 4) is 67.7 Å². The predicted molar refractivity (Wildman–Crippen MR) is 324 cm³/mol. The standard InChI is InChI=1S/C61H37Cl4I3N6O6S3/c62-39-16-17-46-43(25-39)45(31-81-46)54-51(57(77)37-12-6-20-74(29-37)68-41-14-2-8-33(22-41)59-50(55(75)35-10-4-18-69-27-35)53(71-79-59)44-26-48(64)83-61(44)65)60(80-72-54)34-9-3-15-42(23-34)67-73-19-5-11-36(28-73)56(76)49-52(38-24-47(63)82-30-38)70-78-58(49)32-7-1-13-40(66)21-32/h1-31,55-57,75-77H. The van der Waals surface area contributed by atoms with Crippen LogP contribution in [0.2, 0.25) is 18.0 Å². The van der Waals surface area contributed by atoms with Crippen molar-refractivity contribution in [3.05, 3.63) is 250 Å². The summed E-state index contributed by atoms with van der Waals surface area (Å²) >= 11 is 30.6. The fraction of sp³-hybridized carbons (Fsp3) is 0.0492. The van der Waals surface area contributed by atoms with E-state index in [0.29, 0.717) is 96.9 Å². The topological polar surface area (TPSA) is 159 Å². The zero-order chi connectivity index (χ0) is 56.9. The molecule has 13 aromatic rings. The molecule has 0 aliphatic carbocycles. The number of rotatable bonds is 16. The van der Waals surface area contributed by atoms with Crippen LogP contribution < -0.4 is 48.5 Å². The molecule has 414 valence electrons. The van der Waals surface area contributed by atoms with Crippen LogP contribution in [-0.2, 0) is 0 Å². The van der Waals surface area contributed by atoms with E-state index in [4.69, 9.17) is 65.1 Å². The van der Waals surface area contributed by atoms with Crippen LogP contribution in [0.15, 0.2) is 201 Å². The van der Waals surface area contributed by atoms with Crippen LogP contribution in [0.5, 0.6) is 0 Å². The number of thiophene rings is 3. The first-order chi connectivity index (χ1) is 40.4. The van der Waals surface area contributed by atoms with Gasteiger partial charge >= 0.3 is 547 Å². The second-order valence-corrected chi connectivity index (χ2v) is 30.8. The number of hydrogen-bond acceptors (Lipinski definition) is 13. The third-order valence-corrected chi connectivity index (χ3v) is 22.6. The average Bonchev–Trinajstić information content (AvgIpc) is 4.54. The molecule has 0 amide bonds. The van der Waals surface area contributed by atoms with Gasteiger partial charge in [-0.25, -0.2) is 0 Å². The SMILES string of the molecule is OC(c1ccc[n+]([I-]c2cccc(-c3onc(-c4csc5ccc(Cl)cc45)c3C(O)c3ccc[n+]([I-]c4cccc(-c5onc(-c6cc(Cl)sc6Cl)c5C(O)c5cccnc5)c4)c3)c2)c1)c1c(-c2csc(Cl)c2)noc1-c1cccc(I)c1. The van der Waals surface area contributed by atoms with Gasteiger partial charge in [-0.3, -0.25) is 0 Å². The molecular weight excluding hydrogens is 1530 g/mol. The predicted octanol–water partition coefficient (Wildman–Crippen LogP) is 9.87. The van der Waals surface area contributed by atoms with Gasteiger partial charge in [0.15, 0.2) is 0 Å². The Kier molecular flexibility index (Phi) is 16.7. The normalized spacial score (nSPS) is 12.9. The Morgan fingerprint density at radius 2 is 1.08 bits per heavy atom. The Hall–Kier alpha value is -5.45. The molecule has 0 aliphatic rings. The van der Waals surface area contributed by atoms with Gasteiger partial charge in [0.25, 0.3) is 0 Å². The van der Waals surface area contributed by atoms with Gasteiger partial charge in [-0.2, -0.15) is 0 Å². The van der Waals surface area contributed by atoms with Gasteiger partial charge < -0.3 is 0 Å². The van der Waals surface area contributed by atoms with Crippen LogP contribution in [0.1, 0.15) is 51.7 Å². The van der Waals surface area contributed by atoms with Crippen molar-refractivity contribution in [2.45, 2.75) is 18.3 Å². The summed E-state index contributed by atoms with van der Waals surface area (Å²) in [4.78, 5) is 4.24. The van der Waals surface area contributed by atoms with Gasteiger partial charge in [0.1, 0.15) is 0 Å². The molecule has 0 radical (unpaired) electrons. The Labute approximate surface area is 540 Å². The Balaban J connectivity index is 0.824. The van der Waals surface area contributed by atoms with Crippen molar-refractivity contribution in [3.63, 3.8) is 0 Å². The molecule has 9 heterocycles. The molecule has 0 bridgehead atoms. The van der Waals surface area contributed by atoms with E-state index in [2.05, 4.69) is 55.6 Å². The monoisotopic (exact) mass is 1570 g/mol. The van der Waals surface area contributed by atoms with Crippen molar-refractivity contribution in [2.24, 2.45) is 0 Å². The summed E-state index contributed by atoms with van der Waals surface area (Å²) in [5.74, 6) is 1.28. The number of aliphatic hydroxyl groups excluding tert-OH is 3. The number of aliphatic hydroxyl groups is 3. The molecular formula is C61H37Cl4I3N6O6S3. The first-order valence-corrected chi connectivity index (χ1v) is 34.3. The Morgan fingerprint density at radius 1 is 0.518 bits per heavy atom. The van der Waals surface area contributed by atoms with Crippen molar-refractivity contribution < 1.29 is 77.4 Å². The van der Waals surface area contributed by atoms with Crippen LogP contribution in [0.4, 0.5) is 0 Å². The molecule has 0 spiro atoms. The minimum atomic E-state index is -1.19. The van der Waals surface area contributed by atoms with E-state index < -0.39 is 61.3 Å². The van der Waals surface area contributed by atoms with Gasteiger partial charge in [-0.1, -0.05) is 0 Å². The molecule has 3 unspecified atom stereocenters. The number of hydrogen-bond donors (Lipinski definition) is 3. The average molecular weight is 1570 g/mol. The third-order valence-electron chi connectivity index (χ3n) is 13.4. The zero-order valence-electron chi connectivity index (χ0n) is 42.3. The van der Waals surface area contributed by atoms with Crippen molar-refractivity contribution in [2.75, 3.05) is 0 Å². The van der Waals surface area contributed by atoms with E-state index >= 15 is 0 Å². The maximum absolute atomic E-state index is 12.8. The fourth-order valence-electron chi connectivity index (χ4n) is 9.61. The molecule has 0 saturated heterocycles. The van der Waals surface area contributed by atoms with Crippen molar-refractivity contribution in [1.29, 1.82) is 0 Å². The van der Waals surface area contributed by atoms with Crippen LogP contribution in [0.25, 0.3) is 77.8 Å². The van der Waals surface area contributed by atoms with Gasteiger partial charge in [-0.15, -0.1) is 0 Å². The first kappa shape index (κ1) is 56.7. The molecule has 22 heteroatoms. The molecule has 0 aliphatic heterocycles. The number of nitrogens with zero attached hydrogens (tertiary/aromatic N) is 6. The third kappa shape index (κ3) is 11.7. The quantitative estimate of drug-likeness (QED) is 0.0796. The summed E-state index contributed by atoms with van der Waals surface area (Å²) in [5.41, 5.74) is 9.06. The molecule has 83 heavy (non-hydrogen) atoms. The van der Waals surface area contributed by atoms with Gasteiger partial charge in [0, 0.05) is 0 Å². The van der Waals surface area contributed by atoms with Crippen LogP contribution in [-0.4, -0.2) is 35.8 Å². The summed E-state index contributed by atoms with van der Waals surface area (Å²) < 4.78 is 28.2. The van der Waals surface area contributed by atoms with Gasteiger partial charge in [-0.05, 0) is 0 Å². The first-order valence-electron chi connectivity index (χ1n) is 25.0. The summed E-state index contributed by atoms with van der Waals surface area (Å²) in [6.07, 6.45) is 7.73. The summed E-state index contributed by atoms with van der Waals surface area (Å²) in [7, 11) is 0. The molecule has 13 rings (SSSR count). The minimum absolute atomic E-state index is 0.382. The summed E-state index contributed by atoms with van der Waals surface area (Å²) in [6.45, 7) is 0. The molecule has 12 nitrogen and oxygen atoms in total. The number of benzene rings is 4. The number of fused-ring (bicyclic) bond motifs is 1. The second kappa shape index (κ2) is 24.5. The molecule has 0 fully saturated rings. The molecule has 3 N–H and O–H groups in total. The number of aromatic nitrogens is 6.